The van der Waals surface area contributed by atoms with Gasteiger partial charge in [-0.3, -0.25) is 0 Å². The summed E-state index contributed by atoms with van der Waals surface area (Å²) in [7, 11) is 0. The van der Waals surface area contributed by atoms with Crippen LogP contribution in [0.5, 0.6) is 0 Å². The minimum absolute atomic E-state index is 0.367. The fourth-order valence-corrected chi connectivity index (χ4v) is 3.18. The Kier molecular flexibility index (Phi) is 13.8. The molecule has 1 saturated heterocycles. The molecule has 25 heavy (non-hydrogen) atoms. The predicted molar refractivity (Wildman–Crippen MR) is 116 cm³/mol. The highest BCUT2D eigenvalue weighted by Crippen LogP contribution is 2.27. The maximum Gasteiger partial charge on any atom is 0.00980 e. The van der Waals surface area contributed by atoms with Crippen LogP contribution in [0.15, 0.2) is 73.4 Å². The minimum Gasteiger partial charge on any atom is -0.303 e. The molecule has 0 aromatic heterocycles. The highest BCUT2D eigenvalue weighted by molar-refractivity contribution is 5.36. The quantitative estimate of drug-likeness (QED) is 0.420. The van der Waals surface area contributed by atoms with Crippen LogP contribution in [0, 0.1) is 11.8 Å². The molecule has 140 valence electrons. The van der Waals surface area contributed by atoms with Crippen molar-refractivity contribution in [2.75, 3.05) is 19.6 Å². The standard InChI is InChI=1S/C22H33N.C2H6/c1-6-10-12-21(9-4)22(20(8-3)11-7-2)15-18-23-16-13-19(5)14-17-23;1-2/h6-12,19,22H,1-3,13-18H2,4-5H3;1-2H3/b12-10-,20-11+,21-9+;. The Bertz CT molecular complexity index is 470. The molecule has 1 fully saturated rings. The molecule has 0 N–H and O–H groups in total. The molecule has 0 aliphatic carbocycles. The topological polar surface area (TPSA) is 3.24 Å². The van der Waals surface area contributed by atoms with E-state index in [-0.39, 0.29) is 0 Å². The van der Waals surface area contributed by atoms with E-state index in [9.17, 15) is 0 Å². The lowest BCUT2D eigenvalue weighted by Crippen LogP contribution is -2.34. The summed E-state index contributed by atoms with van der Waals surface area (Å²) in [5.74, 6) is 1.25. The Morgan fingerprint density at radius 2 is 1.72 bits per heavy atom. The van der Waals surface area contributed by atoms with Gasteiger partial charge in [0.1, 0.15) is 0 Å². The molecule has 1 aliphatic rings. The van der Waals surface area contributed by atoms with Crippen LogP contribution >= 0.6 is 0 Å². The summed E-state index contributed by atoms with van der Waals surface area (Å²) in [5.41, 5.74) is 2.57. The smallest absolute Gasteiger partial charge is 0.00980 e. The maximum atomic E-state index is 4.00. The number of hydrogen-bond acceptors (Lipinski definition) is 1. The van der Waals surface area contributed by atoms with Gasteiger partial charge in [-0.05, 0) is 62.9 Å². The Hall–Kier alpha value is -1.60. The van der Waals surface area contributed by atoms with Crippen molar-refractivity contribution < 1.29 is 0 Å². The van der Waals surface area contributed by atoms with Gasteiger partial charge in [-0.2, -0.15) is 0 Å². The second kappa shape index (κ2) is 14.7. The van der Waals surface area contributed by atoms with E-state index in [1.165, 1.54) is 37.1 Å². The Balaban J connectivity index is 0.00000277. The van der Waals surface area contributed by atoms with Gasteiger partial charge in [-0.25, -0.2) is 0 Å². The van der Waals surface area contributed by atoms with E-state index >= 15 is 0 Å². The van der Waals surface area contributed by atoms with Crippen LogP contribution in [0.25, 0.3) is 0 Å². The summed E-state index contributed by atoms with van der Waals surface area (Å²) in [4.78, 5) is 2.60. The molecule has 0 aromatic rings. The third kappa shape index (κ3) is 8.88. The largest absolute Gasteiger partial charge is 0.303 e. The molecular weight excluding hydrogens is 302 g/mol. The monoisotopic (exact) mass is 341 g/mol. The molecule has 1 heteroatoms. The molecule has 0 radical (unpaired) electrons. The average Bonchev–Trinajstić information content (AvgIpc) is 2.66. The van der Waals surface area contributed by atoms with Gasteiger partial charge < -0.3 is 4.90 Å². The number of nitrogens with zero attached hydrogens (tertiary/aromatic N) is 1. The van der Waals surface area contributed by atoms with E-state index < -0.39 is 0 Å². The van der Waals surface area contributed by atoms with Crippen LogP contribution in [-0.4, -0.2) is 24.5 Å². The van der Waals surface area contributed by atoms with E-state index in [4.69, 9.17) is 0 Å². The van der Waals surface area contributed by atoms with E-state index in [0.717, 1.165) is 18.9 Å². The minimum atomic E-state index is 0.367. The second-order valence-electron chi connectivity index (χ2n) is 6.36. The predicted octanol–water partition coefficient (Wildman–Crippen LogP) is 6.74. The van der Waals surface area contributed by atoms with Gasteiger partial charge in [0.05, 0.1) is 0 Å². The fraction of sp³-hybridized carbons (Fsp3) is 0.500. The van der Waals surface area contributed by atoms with Gasteiger partial charge >= 0.3 is 0 Å². The van der Waals surface area contributed by atoms with Crippen molar-refractivity contribution in [3.63, 3.8) is 0 Å². The van der Waals surface area contributed by atoms with Gasteiger partial charge in [-0.15, -0.1) is 0 Å². The number of piperidine rings is 1. The third-order valence-electron chi connectivity index (χ3n) is 4.72. The molecule has 0 saturated carbocycles. The fourth-order valence-electron chi connectivity index (χ4n) is 3.18. The molecule has 0 aromatic carbocycles. The molecule has 1 atom stereocenters. The number of hydrogen-bond donors (Lipinski definition) is 0. The zero-order chi connectivity index (χ0) is 19.1. The van der Waals surface area contributed by atoms with Crippen molar-refractivity contribution in [2.45, 2.75) is 47.0 Å². The van der Waals surface area contributed by atoms with Crippen molar-refractivity contribution in [2.24, 2.45) is 11.8 Å². The van der Waals surface area contributed by atoms with Crippen LogP contribution in [0.1, 0.15) is 47.0 Å². The van der Waals surface area contributed by atoms with Crippen molar-refractivity contribution in [3.8, 4) is 0 Å². The molecule has 0 spiro atoms. The van der Waals surface area contributed by atoms with Crippen LogP contribution in [0.2, 0.25) is 0 Å². The number of likely N-dealkylation sites (tertiary alicyclic amines) is 1. The van der Waals surface area contributed by atoms with Gasteiger partial charge in [0.15, 0.2) is 0 Å². The molecular formula is C24H39N. The first-order valence-corrected chi connectivity index (χ1v) is 9.78. The summed E-state index contributed by atoms with van der Waals surface area (Å²) in [6, 6.07) is 0. The second-order valence-corrected chi connectivity index (χ2v) is 6.36. The highest BCUT2D eigenvalue weighted by atomic mass is 15.1. The first kappa shape index (κ1) is 23.4. The molecule has 0 bridgehead atoms. The Labute approximate surface area is 157 Å². The Morgan fingerprint density at radius 3 is 2.20 bits per heavy atom. The van der Waals surface area contributed by atoms with Crippen LogP contribution in [0.4, 0.5) is 0 Å². The molecule has 0 amide bonds. The lowest BCUT2D eigenvalue weighted by atomic mass is 9.86. The summed E-state index contributed by atoms with van der Waals surface area (Å²) in [6.45, 7) is 23.7. The van der Waals surface area contributed by atoms with E-state index in [2.05, 4.69) is 56.7 Å². The van der Waals surface area contributed by atoms with Crippen LogP contribution in [0.3, 0.4) is 0 Å². The highest BCUT2D eigenvalue weighted by Gasteiger charge is 2.19. The summed E-state index contributed by atoms with van der Waals surface area (Å²) in [6.07, 6.45) is 17.9. The molecule has 1 heterocycles. The third-order valence-corrected chi connectivity index (χ3v) is 4.72. The van der Waals surface area contributed by atoms with Gasteiger partial charge in [0, 0.05) is 5.92 Å². The average molecular weight is 342 g/mol. The van der Waals surface area contributed by atoms with Gasteiger partial charge in [0.2, 0.25) is 0 Å². The van der Waals surface area contributed by atoms with E-state index in [1.807, 2.05) is 38.2 Å². The maximum absolute atomic E-state index is 4.00. The lowest BCUT2D eigenvalue weighted by Gasteiger charge is -2.32. The zero-order valence-electron chi connectivity index (χ0n) is 17.0. The normalized spacial score (nSPS) is 18.4. The van der Waals surface area contributed by atoms with E-state index in [1.54, 1.807) is 0 Å². The van der Waals surface area contributed by atoms with Gasteiger partial charge in [0.25, 0.3) is 0 Å². The lowest BCUT2D eigenvalue weighted by molar-refractivity contribution is 0.187. The van der Waals surface area contributed by atoms with Gasteiger partial charge in [-0.1, -0.05) is 83.0 Å². The van der Waals surface area contributed by atoms with E-state index in [0.29, 0.717) is 5.92 Å². The molecule has 1 aliphatic heterocycles. The first-order valence-electron chi connectivity index (χ1n) is 9.78. The first-order chi connectivity index (χ1) is 12.2. The summed E-state index contributed by atoms with van der Waals surface area (Å²) >= 11 is 0. The molecule has 1 nitrogen and oxygen atoms in total. The SMILES string of the molecule is C=C/C=C\C(=C/C)C(CCN1CCC(C)CC1)/C(C=C)=C/C=C.CC. The van der Waals surface area contributed by atoms with Crippen molar-refractivity contribution in [3.05, 3.63) is 73.4 Å². The van der Waals surface area contributed by atoms with Crippen molar-refractivity contribution >= 4 is 0 Å². The van der Waals surface area contributed by atoms with Crippen molar-refractivity contribution in [1.82, 2.24) is 4.90 Å². The summed E-state index contributed by atoms with van der Waals surface area (Å²) < 4.78 is 0. The van der Waals surface area contributed by atoms with Crippen LogP contribution < -0.4 is 0 Å². The molecule has 1 rings (SSSR count). The number of allylic oxidation sites excluding steroid dienone is 9. The number of rotatable bonds is 9. The van der Waals surface area contributed by atoms with Crippen molar-refractivity contribution in [1.29, 1.82) is 0 Å². The van der Waals surface area contributed by atoms with Crippen LogP contribution in [-0.2, 0) is 0 Å². The molecule has 1 unspecified atom stereocenters. The Morgan fingerprint density at radius 1 is 1.08 bits per heavy atom. The zero-order valence-corrected chi connectivity index (χ0v) is 17.0. The summed E-state index contributed by atoms with van der Waals surface area (Å²) in [5, 5.41) is 0.